The van der Waals surface area contributed by atoms with Crippen molar-refractivity contribution < 1.29 is 9.84 Å². The number of hydrogen-bond acceptors (Lipinski definition) is 3. The van der Waals surface area contributed by atoms with E-state index in [2.05, 4.69) is 4.90 Å². The monoisotopic (exact) mass is 213 g/mol. The van der Waals surface area contributed by atoms with Crippen LogP contribution in [0.4, 0.5) is 0 Å². The minimum absolute atomic E-state index is 0.0599. The van der Waals surface area contributed by atoms with E-state index in [1.807, 2.05) is 0 Å². The van der Waals surface area contributed by atoms with Crippen molar-refractivity contribution in [1.82, 2.24) is 4.90 Å². The molecule has 1 saturated carbocycles. The highest BCUT2D eigenvalue weighted by Crippen LogP contribution is 2.24. The standard InChI is InChI=1S/C12H23NO2/c14-12-5-3-1-2-4-11(12)10-13-6-8-15-9-7-13/h11-12,14H,1-10H2. The Kier molecular flexibility index (Phi) is 4.42. The van der Waals surface area contributed by atoms with Crippen molar-refractivity contribution in [3.63, 3.8) is 0 Å². The van der Waals surface area contributed by atoms with Crippen molar-refractivity contribution in [2.24, 2.45) is 5.92 Å². The van der Waals surface area contributed by atoms with Gasteiger partial charge in [0.15, 0.2) is 0 Å². The van der Waals surface area contributed by atoms with Crippen LogP contribution < -0.4 is 0 Å². The zero-order valence-corrected chi connectivity index (χ0v) is 9.53. The first kappa shape index (κ1) is 11.4. The minimum atomic E-state index is -0.0599. The summed E-state index contributed by atoms with van der Waals surface area (Å²) in [5.41, 5.74) is 0. The third-order valence-corrected chi connectivity index (χ3v) is 3.72. The molecule has 0 aromatic carbocycles. The molecule has 2 rings (SSSR count). The van der Waals surface area contributed by atoms with E-state index in [0.717, 1.165) is 39.3 Å². The van der Waals surface area contributed by atoms with E-state index in [-0.39, 0.29) is 6.10 Å². The molecule has 1 heterocycles. The lowest BCUT2D eigenvalue weighted by molar-refractivity contribution is 0.0107. The van der Waals surface area contributed by atoms with Crippen LogP contribution in [0.3, 0.4) is 0 Å². The molecule has 2 atom stereocenters. The summed E-state index contributed by atoms with van der Waals surface area (Å²) in [7, 11) is 0. The summed E-state index contributed by atoms with van der Waals surface area (Å²) in [5, 5.41) is 10.0. The second-order valence-electron chi connectivity index (χ2n) is 4.88. The van der Waals surface area contributed by atoms with E-state index in [1.165, 1.54) is 25.7 Å². The molecule has 1 aliphatic carbocycles. The number of aliphatic hydroxyl groups is 1. The molecule has 15 heavy (non-hydrogen) atoms. The van der Waals surface area contributed by atoms with Gasteiger partial charge in [-0.05, 0) is 18.8 Å². The predicted molar refractivity (Wildman–Crippen MR) is 59.8 cm³/mol. The molecule has 2 fully saturated rings. The molecule has 3 nitrogen and oxygen atoms in total. The van der Waals surface area contributed by atoms with Crippen molar-refractivity contribution >= 4 is 0 Å². The second-order valence-corrected chi connectivity index (χ2v) is 4.88. The third-order valence-electron chi connectivity index (χ3n) is 3.72. The summed E-state index contributed by atoms with van der Waals surface area (Å²) in [5.74, 6) is 0.505. The summed E-state index contributed by atoms with van der Waals surface area (Å²) >= 11 is 0. The first-order chi connectivity index (χ1) is 7.36. The molecule has 0 bridgehead atoms. The average molecular weight is 213 g/mol. The van der Waals surface area contributed by atoms with Gasteiger partial charge in [0.2, 0.25) is 0 Å². The van der Waals surface area contributed by atoms with E-state index < -0.39 is 0 Å². The van der Waals surface area contributed by atoms with Crippen LogP contribution in [-0.2, 0) is 4.74 Å². The Labute approximate surface area is 92.4 Å². The van der Waals surface area contributed by atoms with Gasteiger partial charge in [-0.2, -0.15) is 0 Å². The van der Waals surface area contributed by atoms with Gasteiger partial charge in [0.25, 0.3) is 0 Å². The SMILES string of the molecule is OC1CCCCCC1CN1CCOCC1. The summed E-state index contributed by atoms with van der Waals surface area (Å²) in [6, 6.07) is 0. The van der Waals surface area contributed by atoms with E-state index in [0.29, 0.717) is 5.92 Å². The van der Waals surface area contributed by atoms with Gasteiger partial charge in [-0.3, -0.25) is 4.90 Å². The number of hydrogen-bond donors (Lipinski definition) is 1. The Hall–Kier alpha value is -0.120. The van der Waals surface area contributed by atoms with Crippen LogP contribution >= 0.6 is 0 Å². The van der Waals surface area contributed by atoms with Crippen molar-refractivity contribution in [2.75, 3.05) is 32.8 Å². The molecular formula is C12H23NO2. The molecule has 0 amide bonds. The number of nitrogens with zero attached hydrogens (tertiary/aromatic N) is 1. The Morgan fingerprint density at radius 2 is 1.80 bits per heavy atom. The lowest BCUT2D eigenvalue weighted by Gasteiger charge is -2.31. The van der Waals surface area contributed by atoms with Gasteiger partial charge in [-0.15, -0.1) is 0 Å². The maximum atomic E-state index is 10.0. The average Bonchev–Trinajstić information content (AvgIpc) is 2.46. The molecule has 0 radical (unpaired) electrons. The third kappa shape index (κ3) is 3.44. The number of ether oxygens (including phenoxy) is 1. The summed E-state index contributed by atoms with van der Waals surface area (Å²) < 4.78 is 5.34. The maximum absolute atomic E-state index is 10.0. The molecule has 1 N–H and O–H groups in total. The summed E-state index contributed by atoms with van der Waals surface area (Å²) in [6.45, 7) is 4.89. The van der Waals surface area contributed by atoms with Gasteiger partial charge in [-0.1, -0.05) is 19.3 Å². The minimum Gasteiger partial charge on any atom is -0.393 e. The van der Waals surface area contributed by atoms with E-state index in [1.54, 1.807) is 0 Å². The summed E-state index contributed by atoms with van der Waals surface area (Å²) in [6.07, 6.45) is 5.96. The first-order valence-electron chi connectivity index (χ1n) is 6.34. The molecule has 3 heteroatoms. The molecule has 0 aromatic rings. The maximum Gasteiger partial charge on any atom is 0.0594 e. The quantitative estimate of drug-likeness (QED) is 0.701. The Morgan fingerprint density at radius 3 is 2.60 bits per heavy atom. The van der Waals surface area contributed by atoms with Gasteiger partial charge in [0.05, 0.1) is 19.3 Å². The van der Waals surface area contributed by atoms with Crippen LogP contribution in [0, 0.1) is 5.92 Å². The zero-order chi connectivity index (χ0) is 10.5. The fourth-order valence-corrected chi connectivity index (χ4v) is 2.69. The van der Waals surface area contributed by atoms with Crippen LogP contribution in [0.15, 0.2) is 0 Å². The topological polar surface area (TPSA) is 32.7 Å². The molecule has 1 aliphatic heterocycles. The van der Waals surface area contributed by atoms with Crippen molar-refractivity contribution in [1.29, 1.82) is 0 Å². The van der Waals surface area contributed by atoms with E-state index in [4.69, 9.17) is 4.74 Å². The fraction of sp³-hybridized carbons (Fsp3) is 1.00. The van der Waals surface area contributed by atoms with Crippen LogP contribution in [-0.4, -0.2) is 49.0 Å². The smallest absolute Gasteiger partial charge is 0.0594 e. The molecule has 1 saturated heterocycles. The molecular weight excluding hydrogens is 190 g/mol. The second kappa shape index (κ2) is 5.83. The van der Waals surface area contributed by atoms with Crippen LogP contribution in [0.1, 0.15) is 32.1 Å². The van der Waals surface area contributed by atoms with E-state index >= 15 is 0 Å². The first-order valence-corrected chi connectivity index (χ1v) is 6.34. The Morgan fingerprint density at radius 1 is 1.07 bits per heavy atom. The predicted octanol–water partition coefficient (Wildman–Crippen LogP) is 1.26. The number of aliphatic hydroxyl groups excluding tert-OH is 1. The fourth-order valence-electron chi connectivity index (χ4n) is 2.69. The van der Waals surface area contributed by atoms with E-state index in [9.17, 15) is 5.11 Å². The van der Waals surface area contributed by atoms with Crippen molar-refractivity contribution in [2.45, 2.75) is 38.2 Å². The van der Waals surface area contributed by atoms with Gasteiger partial charge in [0, 0.05) is 19.6 Å². The summed E-state index contributed by atoms with van der Waals surface area (Å²) in [4.78, 5) is 2.45. The normalized spacial score (nSPS) is 35.0. The van der Waals surface area contributed by atoms with Crippen molar-refractivity contribution in [3.05, 3.63) is 0 Å². The molecule has 2 aliphatic rings. The van der Waals surface area contributed by atoms with Crippen LogP contribution in [0.5, 0.6) is 0 Å². The largest absolute Gasteiger partial charge is 0.393 e. The Balaban J connectivity index is 1.79. The van der Waals surface area contributed by atoms with Gasteiger partial charge >= 0.3 is 0 Å². The lowest BCUT2D eigenvalue weighted by Crippen LogP contribution is -2.41. The number of rotatable bonds is 2. The van der Waals surface area contributed by atoms with Gasteiger partial charge < -0.3 is 9.84 Å². The highest BCUT2D eigenvalue weighted by atomic mass is 16.5. The highest BCUT2D eigenvalue weighted by molar-refractivity contribution is 4.77. The molecule has 0 aromatic heterocycles. The number of morpholine rings is 1. The highest BCUT2D eigenvalue weighted by Gasteiger charge is 2.24. The zero-order valence-electron chi connectivity index (χ0n) is 9.53. The molecule has 88 valence electrons. The lowest BCUT2D eigenvalue weighted by atomic mass is 9.96. The van der Waals surface area contributed by atoms with Crippen LogP contribution in [0.25, 0.3) is 0 Å². The van der Waals surface area contributed by atoms with Crippen LogP contribution in [0.2, 0.25) is 0 Å². The molecule has 0 spiro atoms. The van der Waals surface area contributed by atoms with Gasteiger partial charge in [0.1, 0.15) is 0 Å². The molecule has 2 unspecified atom stereocenters. The Bertz CT molecular complexity index is 180. The van der Waals surface area contributed by atoms with Gasteiger partial charge in [-0.25, -0.2) is 0 Å². The van der Waals surface area contributed by atoms with Crippen molar-refractivity contribution in [3.8, 4) is 0 Å².